The van der Waals surface area contributed by atoms with Gasteiger partial charge in [0, 0.05) is 24.7 Å². The number of nitrogens with zero attached hydrogens (tertiary/aromatic N) is 3. The lowest BCUT2D eigenvalue weighted by Gasteiger charge is -2.29. The third kappa shape index (κ3) is 6.09. The number of methoxy groups -OCH3 is 1. The monoisotopic (exact) mass is 418 g/mol. The molecule has 30 heavy (non-hydrogen) atoms. The van der Waals surface area contributed by atoms with Crippen molar-refractivity contribution in [1.82, 2.24) is 20.3 Å². The fourth-order valence-electron chi connectivity index (χ4n) is 3.35. The molecule has 162 valence electrons. The largest absolute Gasteiger partial charge is 0.494 e. The third-order valence-electron chi connectivity index (χ3n) is 4.86. The molecule has 0 unspecified atom stereocenters. The second kappa shape index (κ2) is 10.3. The van der Waals surface area contributed by atoms with Crippen molar-refractivity contribution in [2.45, 2.75) is 57.8 Å². The summed E-state index contributed by atoms with van der Waals surface area (Å²) in [6.45, 7) is 3.87. The van der Waals surface area contributed by atoms with Crippen molar-refractivity contribution in [2.75, 3.05) is 13.7 Å². The van der Waals surface area contributed by atoms with Crippen molar-refractivity contribution >= 4 is 5.91 Å². The Morgan fingerprint density at radius 3 is 2.43 bits per heavy atom. The Hall–Kier alpha value is -2.81. The molecule has 0 spiro atoms. The molecule has 8 nitrogen and oxygen atoms in total. The van der Waals surface area contributed by atoms with Gasteiger partial charge in [0.25, 0.3) is 5.88 Å². The molecular weight excluding hydrogens is 391 g/mol. The van der Waals surface area contributed by atoms with Gasteiger partial charge in [-0.15, -0.1) is 0 Å². The van der Waals surface area contributed by atoms with E-state index in [1.807, 2.05) is 6.92 Å². The van der Waals surface area contributed by atoms with Crippen LogP contribution in [0.25, 0.3) is 11.4 Å². The van der Waals surface area contributed by atoms with E-state index in [0.717, 1.165) is 25.7 Å². The molecule has 2 heterocycles. The highest BCUT2D eigenvalue weighted by Crippen LogP contribution is 2.27. The minimum absolute atomic E-state index is 0.0177. The number of nitrogens with one attached hydrogen (secondary N) is 1. The summed E-state index contributed by atoms with van der Waals surface area (Å²) in [5.41, 5.74) is 0.466. The van der Waals surface area contributed by atoms with Crippen LogP contribution in [0.5, 0.6) is 11.6 Å². The number of halogens is 1. The van der Waals surface area contributed by atoms with Crippen LogP contribution in [-0.2, 0) is 9.53 Å². The van der Waals surface area contributed by atoms with Crippen LogP contribution in [0.15, 0.2) is 24.7 Å². The molecular formula is C21H27FN4O4. The number of pyridine rings is 1. The first kappa shape index (κ1) is 21.9. The Kier molecular flexibility index (Phi) is 7.51. The smallest absolute Gasteiger partial charge is 0.250 e. The number of carbonyl (C=O) groups is 1. The molecule has 1 atom stereocenters. The van der Waals surface area contributed by atoms with Gasteiger partial charge in [-0.3, -0.25) is 4.79 Å². The zero-order valence-corrected chi connectivity index (χ0v) is 17.4. The van der Waals surface area contributed by atoms with Crippen molar-refractivity contribution in [3.05, 3.63) is 30.5 Å². The zero-order chi connectivity index (χ0) is 21.5. The van der Waals surface area contributed by atoms with Gasteiger partial charge in [0.05, 0.1) is 32.2 Å². The molecule has 0 aliphatic heterocycles. The fourth-order valence-corrected chi connectivity index (χ4v) is 3.35. The maximum atomic E-state index is 14.5. The SMILES string of the molecule is COc1cnc(-c2cnc(O[C@H]3CC[C@H](OC[C@H](C)NC(C)=O)CC3)c(F)c2)nc1. The Bertz CT molecular complexity index is 841. The average molecular weight is 418 g/mol. The van der Waals surface area contributed by atoms with E-state index in [4.69, 9.17) is 14.2 Å². The highest BCUT2D eigenvalue weighted by Gasteiger charge is 2.25. The van der Waals surface area contributed by atoms with Gasteiger partial charge in [0.1, 0.15) is 6.10 Å². The van der Waals surface area contributed by atoms with E-state index >= 15 is 0 Å². The van der Waals surface area contributed by atoms with Crippen LogP contribution in [0.3, 0.4) is 0 Å². The lowest BCUT2D eigenvalue weighted by molar-refractivity contribution is -0.120. The Morgan fingerprint density at radius 2 is 1.83 bits per heavy atom. The van der Waals surface area contributed by atoms with E-state index in [1.54, 1.807) is 0 Å². The first-order valence-electron chi connectivity index (χ1n) is 10.0. The van der Waals surface area contributed by atoms with Crippen LogP contribution < -0.4 is 14.8 Å². The summed E-state index contributed by atoms with van der Waals surface area (Å²) in [6.07, 6.45) is 7.68. The van der Waals surface area contributed by atoms with E-state index < -0.39 is 5.82 Å². The molecule has 1 aliphatic carbocycles. The summed E-state index contributed by atoms with van der Waals surface area (Å²) in [7, 11) is 1.53. The van der Waals surface area contributed by atoms with E-state index in [1.165, 1.54) is 38.7 Å². The average Bonchev–Trinajstić information content (AvgIpc) is 2.74. The first-order valence-corrected chi connectivity index (χ1v) is 10.0. The summed E-state index contributed by atoms with van der Waals surface area (Å²) in [4.78, 5) is 23.4. The van der Waals surface area contributed by atoms with Gasteiger partial charge >= 0.3 is 0 Å². The number of ether oxygens (including phenoxy) is 3. The molecule has 1 amide bonds. The van der Waals surface area contributed by atoms with Crippen molar-refractivity contribution < 1.29 is 23.4 Å². The Morgan fingerprint density at radius 1 is 1.17 bits per heavy atom. The predicted molar refractivity (Wildman–Crippen MR) is 108 cm³/mol. The third-order valence-corrected chi connectivity index (χ3v) is 4.86. The van der Waals surface area contributed by atoms with Gasteiger partial charge in [-0.1, -0.05) is 0 Å². The van der Waals surface area contributed by atoms with E-state index in [0.29, 0.717) is 23.7 Å². The van der Waals surface area contributed by atoms with Crippen LogP contribution in [0, 0.1) is 5.82 Å². The zero-order valence-electron chi connectivity index (χ0n) is 17.4. The molecule has 0 radical (unpaired) electrons. The van der Waals surface area contributed by atoms with Crippen LogP contribution >= 0.6 is 0 Å². The molecule has 1 N–H and O–H groups in total. The van der Waals surface area contributed by atoms with Gasteiger partial charge in [-0.2, -0.15) is 0 Å². The Balaban J connectivity index is 1.49. The van der Waals surface area contributed by atoms with Crippen LogP contribution in [0.2, 0.25) is 0 Å². The van der Waals surface area contributed by atoms with Gasteiger partial charge in [-0.25, -0.2) is 19.3 Å². The fraction of sp³-hybridized carbons (Fsp3) is 0.524. The van der Waals surface area contributed by atoms with E-state index in [2.05, 4.69) is 20.3 Å². The highest BCUT2D eigenvalue weighted by atomic mass is 19.1. The second-order valence-corrected chi connectivity index (χ2v) is 7.41. The number of amides is 1. The lowest BCUT2D eigenvalue weighted by Crippen LogP contribution is -2.37. The topological polar surface area (TPSA) is 95.5 Å². The highest BCUT2D eigenvalue weighted by molar-refractivity contribution is 5.73. The summed E-state index contributed by atoms with van der Waals surface area (Å²) in [5.74, 6) is 0.254. The molecule has 1 fully saturated rings. The molecule has 2 aromatic rings. The number of carbonyl (C=O) groups excluding carboxylic acids is 1. The molecule has 1 aliphatic rings. The molecule has 2 aromatic heterocycles. The minimum atomic E-state index is -0.547. The number of rotatable bonds is 8. The number of hydrogen-bond donors (Lipinski definition) is 1. The van der Waals surface area contributed by atoms with Crippen molar-refractivity contribution in [3.63, 3.8) is 0 Å². The number of aromatic nitrogens is 3. The molecule has 9 heteroatoms. The van der Waals surface area contributed by atoms with E-state index in [-0.39, 0.29) is 30.0 Å². The summed E-state index contributed by atoms with van der Waals surface area (Å²) in [5, 5.41) is 2.80. The number of hydrogen-bond acceptors (Lipinski definition) is 7. The van der Waals surface area contributed by atoms with Crippen molar-refractivity contribution in [1.29, 1.82) is 0 Å². The van der Waals surface area contributed by atoms with Gasteiger partial charge in [0.15, 0.2) is 17.4 Å². The van der Waals surface area contributed by atoms with E-state index in [9.17, 15) is 9.18 Å². The minimum Gasteiger partial charge on any atom is -0.494 e. The molecule has 0 aromatic carbocycles. The Labute approximate surface area is 175 Å². The summed E-state index contributed by atoms with van der Waals surface area (Å²) < 4.78 is 31.2. The normalized spacial score (nSPS) is 19.7. The van der Waals surface area contributed by atoms with Crippen LogP contribution in [0.4, 0.5) is 4.39 Å². The van der Waals surface area contributed by atoms with Crippen molar-refractivity contribution in [3.8, 4) is 23.0 Å². The van der Waals surface area contributed by atoms with Crippen LogP contribution in [-0.4, -0.2) is 52.8 Å². The quantitative estimate of drug-likeness (QED) is 0.704. The van der Waals surface area contributed by atoms with Gasteiger partial charge < -0.3 is 19.5 Å². The molecule has 3 rings (SSSR count). The maximum absolute atomic E-state index is 14.5. The van der Waals surface area contributed by atoms with Gasteiger partial charge in [0.2, 0.25) is 5.91 Å². The summed E-state index contributed by atoms with van der Waals surface area (Å²) in [6, 6.07) is 1.30. The van der Waals surface area contributed by atoms with Crippen molar-refractivity contribution in [2.24, 2.45) is 0 Å². The maximum Gasteiger partial charge on any atom is 0.250 e. The standard InChI is InChI=1S/C21H27FN4O4/c1-13(26-14(2)27)12-29-16-4-6-17(7-5-16)30-21-19(22)8-15(9-25-21)20-23-10-18(28-3)11-24-20/h8-11,13,16-17H,4-7,12H2,1-3H3,(H,26,27)/t13-,16-,17-/m0/s1. The van der Waals surface area contributed by atoms with Gasteiger partial charge in [-0.05, 0) is 38.7 Å². The second-order valence-electron chi connectivity index (χ2n) is 7.41. The lowest BCUT2D eigenvalue weighted by atomic mass is 9.95. The summed E-state index contributed by atoms with van der Waals surface area (Å²) >= 11 is 0. The molecule has 0 saturated heterocycles. The predicted octanol–water partition coefficient (Wildman–Crippen LogP) is 2.92. The molecule has 0 bridgehead atoms. The molecule has 1 saturated carbocycles. The van der Waals surface area contributed by atoms with Crippen LogP contribution in [0.1, 0.15) is 39.5 Å². The first-order chi connectivity index (χ1) is 14.4.